The van der Waals surface area contributed by atoms with Gasteiger partial charge in [0.15, 0.2) is 5.96 Å². The zero-order chi connectivity index (χ0) is 20.9. The van der Waals surface area contributed by atoms with Crippen molar-refractivity contribution in [1.82, 2.24) is 14.9 Å². The number of halogens is 1. The van der Waals surface area contributed by atoms with Crippen molar-refractivity contribution in [2.75, 3.05) is 45.9 Å². The number of hydrogen-bond acceptors (Lipinski definition) is 6. The topological polar surface area (TPSA) is 126 Å². The first-order valence-electron chi connectivity index (χ1n) is 9.70. The molecule has 1 unspecified atom stereocenters. The van der Waals surface area contributed by atoms with Gasteiger partial charge in [0, 0.05) is 50.3 Å². The summed E-state index contributed by atoms with van der Waals surface area (Å²) in [5.41, 5.74) is -0.0565. The van der Waals surface area contributed by atoms with E-state index in [0.717, 1.165) is 57.7 Å². The highest BCUT2D eigenvalue weighted by molar-refractivity contribution is 14.0. The minimum Gasteiger partial charge on any atom is -0.381 e. The zero-order valence-corrected chi connectivity index (χ0v) is 20.0. The van der Waals surface area contributed by atoms with E-state index in [0.29, 0.717) is 0 Å². The fourth-order valence-electron chi connectivity index (χ4n) is 3.70. The molecule has 0 amide bonds. The van der Waals surface area contributed by atoms with Crippen LogP contribution in [0.4, 0.5) is 5.69 Å². The molecule has 2 N–H and O–H groups in total. The van der Waals surface area contributed by atoms with E-state index >= 15 is 0 Å². The lowest BCUT2D eigenvalue weighted by atomic mass is 9.87. The molecule has 0 aromatic heterocycles. The molecular formula is C18H28IN5O5S. The second-order valence-electron chi connectivity index (χ2n) is 7.36. The van der Waals surface area contributed by atoms with Crippen LogP contribution in [0.2, 0.25) is 0 Å². The summed E-state index contributed by atoms with van der Waals surface area (Å²) in [6.07, 6.45) is 2.13. The Morgan fingerprint density at radius 3 is 2.87 bits per heavy atom. The van der Waals surface area contributed by atoms with Crippen molar-refractivity contribution >= 4 is 45.6 Å². The van der Waals surface area contributed by atoms with Gasteiger partial charge in [-0.3, -0.25) is 15.1 Å². The van der Waals surface area contributed by atoms with Crippen molar-refractivity contribution in [1.29, 1.82) is 0 Å². The number of ether oxygens (including phenoxy) is 1. The van der Waals surface area contributed by atoms with Crippen LogP contribution in [0.15, 0.2) is 34.2 Å². The molecule has 1 aromatic carbocycles. The lowest BCUT2D eigenvalue weighted by Gasteiger charge is -2.25. The van der Waals surface area contributed by atoms with Gasteiger partial charge < -0.3 is 15.0 Å². The first-order chi connectivity index (χ1) is 13.9. The molecule has 0 aliphatic carbocycles. The van der Waals surface area contributed by atoms with Gasteiger partial charge in [-0.05, 0) is 25.8 Å². The number of sulfonamides is 1. The summed E-state index contributed by atoms with van der Waals surface area (Å²) < 4.78 is 32.8. The Balaban J connectivity index is 0.00000320. The third-order valence-electron chi connectivity index (χ3n) is 5.26. The monoisotopic (exact) mass is 553 g/mol. The predicted octanol–water partition coefficient (Wildman–Crippen LogP) is 1.57. The summed E-state index contributed by atoms with van der Waals surface area (Å²) in [7, 11) is -3.84. The minimum atomic E-state index is -3.84. The largest absolute Gasteiger partial charge is 0.381 e. The molecule has 1 atom stereocenters. The van der Waals surface area contributed by atoms with Crippen molar-refractivity contribution in [3.63, 3.8) is 0 Å². The summed E-state index contributed by atoms with van der Waals surface area (Å²) in [6, 6.07) is 4.98. The van der Waals surface area contributed by atoms with Crippen LogP contribution in [-0.4, -0.2) is 70.1 Å². The van der Waals surface area contributed by atoms with Gasteiger partial charge in [0.25, 0.3) is 5.69 Å². The smallest absolute Gasteiger partial charge is 0.270 e. The van der Waals surface area contributed by atoms with Crippen molar-refractivity contribution in [3.05, 3.63) is 34.4 Å². The Morgan fingerprint density at radius 2 is 2.20 bits per heavy atom. The summed E-state index contributed by atoms with van der Waals surface area (Å²) in [6.45, 7) is 6.45. The molecule has 10 nitrogen and oxygen atoms in total. The zero-order valence-electron chi connectivity index (χ0n) is 16.9. The highest BCUT2D eigenvalue weighted by atomic mass is 127. The minimum absolute atomic E-state index is 0. The number of benzene rings is 1. The average Bonchev–Trinajstić information content (AvgIpc) is 3.34. The van der Waals surface area contributed by atoms with E-state index in [1.807, 2.05) is 6.92 Å². The van der Waals surface area contributed by atoms with Crippen LogP contribution >= 0.6 is 24.0 Å². The van der Waals surface area contributed by atoms with E-state index in [-0.39, 0.29) is 53.1 Å². The molecule has 2 aliphatic rings. The molecule has 0 radical (unpaired) electrons. The molecule has 1 spiro atoms. The number of nitro groups is 1. The van der Waals surface area contributed by atoms with Gasteiger partial charge in [-0.15, -0.1) is 24.0 Å². The van der Waals surface area contributed by atoms with Gasteiger partial charge in [-0.25, -0.2) is 13.1 Å². The van der Waals surface area contributed by atoms with E-state index in [2.05, 4.69) is 19.9 Å². The van der Waals surface area contributed by atoms with E-state index in [9.17, 15) is 18.5 Å². The SMILES string of the molecule is CCNC(=NCCNS(=O)(=O)c1cccc([N+](=O)[O-])c1)N1CCC2(CCOC2)C1.I. The molecule has 1 aromatic rings. The van der Waals surface area contributed by atoms with E-state index in [1.54, 1.807) is 0 Å². The molecule has 0 bridgehead atoms. The highest BCUT2D eigenvalue weighted by Crippen LogP contribution is 2.38. The normalized spacial score (nSPS) is 21.6. The highest BCUT2D eigenvalue weighted by Gasteiger charge is 2.42. The molecule has 2 fully saturated rings. The second-order valence-corrected chi connectivity index (χ2v) is 9.13. The first-order valence-corrected chi connectivity index (χ1v) is 11.2. The number of likely N-dealkylation sites (tertiary alicyclic amines) is 1. The first kappa shape index (κ1) is 24.8. The van der Waals surface area contributed by atoms with Crippen molar-refractivity contribution < 1.29 is 18.1 Å². The van der Waals surface area contributed by atoms with Crippen LogP contribution in [-0.2, 0) is 14.8 Å². The van der Waals surface area contributed by atoms with Gasteiger partial charge in [0.2, 0.25) is 10.0 Å². The predicted molar refractivity (Wildman–Crippen MR) is 124 cm³/mol. The Bertz CT molecular complexity index is 873. The van der Waals surface area contributed by atoms with Crippen LogP contribution < -0.4 is 10.0 Å². The Kier molecular flexibility index (Phi) is 8.82. The summed E-state index contributed by atoms with van der Waals surface area (Å²) in [5, 5.41) is 14.1. The molecule has 3 rings (SSSR count). The maximum absolute atomic E-state index is 12.4. The molecule has 30 heavy (non-hydrogen) atoms. The number of nitrogens with zero attached hydrogens (tertiary/aromatic N) is 3. The van der Waals surface area contributed by atoms with Crippen LogP contribution in [0.1, 0.15) is 19.8 Å². The number of nitrogens with one attached hydrogen (secondary N) is 2. The molecular weight excluding hydrogens is 525 g/mol. The Hall–Kier alpha value is -1.51. The lowest BCUT2D eigenvalue weighted by Crippen LogP contribution is -2.42. The number of hydrogen-bond donors (Lipinski definition) is 2. The summed E-state index contributed by atoms with van der Waals surface area (Å²) in [4.78, 5) is 16.8. The quantitative estimate of drug-likeness (QED) is 0.131. The molecule has 12 heteroatoms. The van der Waals surface area contributed by atoms with Crippen molar-refractivity contribution in [2.45, 2.75) is 24.7 Å². The lowest BCUT2D eigenvalue weighted by molar-refractivity contribution is -0.385. The molecule has 168 valence electrons. The number of guanidine groups is 1. The third kappa shape index (κ3) is 6.02. The molecule has 2 heterocycles. The molecule has 2 aliphatic heterocycles. The van der Waals surface area contributed by atoms with Gasteiger partial charge >= 0.3 is 0 Å². The number of rotatable bonds is 7. The van der Waals surface area contributed by atoms with E-state index in [4.69, 9.17) is 4.74 Å². The van der Waals surface area contributed by atoms with Crippen LogP contribution in [0.25, 0.3) is 0 Å². The molecule has 0 saturated carbocycles. The second kappa shape index (κ2) is 10.7. The molecule has 2 saturated heterocycles. The standard InChI is InChI=1S/C18H27N5O5S.HI/c1-2-19-17(22-10-6-18(13-22)7-11-28-14-18)20-8-9-21-29(26,27)16-5-3-4-15(12-16)23(24)25;/h3-5,12,21H,2,6-11,13-14H2,1H3,(H,19,20);1H. The van der Waals surface area contributed by atoms with E-state index < -0.39 is 14.9 Å². The third-order valence-corrected chi connectivity index (χ3v) is 6.72. The fourth-order valence-corrected chi connectivity index (χ4v) is 4.76. The van der Waals surface area contributed by atoms with Crippen LogP contribution in [0.5, 0.6) is 0 Å². The van der Waals surface area contributed by atoms with Crippen molar-refractivity contribution in [3.8, 4) is 0 Å². The number of non-ortho nitro benzene ring substituents is 1. The number of aliphatic imine (C=N–C) groups is 1. The maximum Gasteiger partial charge on any atom is 0.270 e. The average molecular weight is 553 g/mol. The van der Waals surface area contributed by atoms with Crippen molar-refractivity contribution in [2.24, 2.45) is 10.4 Å². The summed E-state index contributed by atoms with van der Waals surface area (Å²) in [5.74, 6) is 0.769. The van der Waals surface area contributed by atoms with E-state index in [1.165, 1.54) is 18.2 Å². The Morgan fingerprint density at radius 1 is 1.40 bits per heavy atom. The van der Waals surface area contributed by atoms with Gasteiger partial charge in [-0.2, -0.15) is 0 Å². The summed E-state index contributed by atoms with van der Waals surface area (Å²) >= 11 is 0. The van der Waals surface area contributed by atoms with Gasteiger partial charge in [0.1, 0.15) is 0 Å². The van der Waals surface area contributed by atoms with Crippen LogP contribution in [0.3, 0.4) is 0 Å². The Labute approximate surface area is 193 Å². The maximum atomic E-state index is 12.4. The van der Waals surface area contributed by atoms with Gasteiger partial charge in [0.05, 0.1) is 23.0 Å². The fraction of sp³-hybridized carbons (Fsp3) is 0.611. The van der Waals surface area contributed by atoms with Gasteiger partial charge in [-0.1, -0.05) is 6.07 Å². The van der Waals surface area contributed by atoms with Crippen LogP contribution in [0, 0.1) is 15.5 Å². The number of nitro benzene ring substituents is 1.